The first-order valence-electron chi connectivity index (χ1n) is 8.24. The smallest absolute Gasteiger partial charge is 0.290 e. The zero-order valence-corrected chi connectivity index (χ0v) is 15.2. The Morgan fingerprint density at radius 3 is 2.68 bits per heavy atom. The second-order valence-corrected chi connectivity index (χ2v) is 7.04. The summed E-state index contributed by atoms with van der Waals surface area (Å²) in [7, 11) is 0. The molecule has 1 aromatic heterocycles. The van der Waals surface area contributed by atoms with E-state index < -0.39 is 6.04 Å². The molecule has 4 nitrogen and oxygen atoms in total. The normalized spacial score (nSPS) is 16.5. The summed E-state index contributed by atoms with van der Waals surface area (Å²) in [4.78, 5) is 27.8. The zero-order chi connectivity index (χ0) is 17.6. The van der Waals surface area contributed by atoms with Crippen molar-refractivity contribution in [3.63, 3.8) is 0 Å². The van der Waals surface area contributed by atoms with E-state index in [9.17, 15) is 9.59 Å². The van der Waals surface area contributed by atoms with Gasteiger partial charge in [0.05, 0.1) is 17.0 Å². The summed E-state index contributed by atoms with van der Waals surface area (Å²) in [6.45, 7) is 2.58. The van der Waals surface area contributed by atoms with Gasteiger partial charge >= 0.3 is 0 Å². The minimum absolute atomic E-state index is 0.131. The van der Waals surface area contributed by atoms with Crippen molar-refractivity contribution in [1.82, 2.24) is 4.90 Å². The van der Waals surface area contributed by atoms with E-state index in [-0.39, 0.29) is 17.1 Å². The van der Waals surface area contributed by atoms with E-state index in [0.717, 1.165) is 16.5 Å². The van der Waals surface area contributed by atoms with Crippen LogP contribution in [0, 0.1) is 0 Å². The second kappa shape index (κ2) is 6.15. The van der Waals surface area contributed by atoms with E-state index in [4.69, 9.17) is 4.42 Å². The maximum absolute atomic E-state index is 13.1. The number of carbonyl (C=O) groups excluding carboxylic acids is 1. The first-order valence-corrected chi connectivity index (χ1v) is 9.03. The SMILES string of the molecule is CCCN1C(=O)c2oc3ccccc3c(=O)c2[C@@H]1c1cccc(Br)c1. The molecule has 0 saturated heterocycles. The van der Waals surface area contributed by atoms with Gasteiger partial charge in [-0.05, 0) is 36.2 Å². The Morgan fingerprint density at radius 2 is 1.92 bits per heavy atom. The van der Waals surface area contributed by atoms with Gasteiger partial charge in [-0.25, -0.2) is 0 Å². The monoisotopic (exact) mass is 397 g/mol. The highest BCUT2D eigenvalue weighted by Crippen LogP contribution is 2.38. The lowest BCUT2D eigenvalue weighted by Gasteiger charge is -2.24. The van der Waals surface area contributed by atoms with Gasteiger partial charge in [0.25, 0.3) is 5.91 Å². The van der Waals surface area contributed by atoms with Gasteiger partial charge in [0.1, 0.15) is 5.58 Å². The molecule has 2 heterocycles. The fraction of sp³-hybridized carbons (Fsp3) is 0.200. The van der Waals surface area contributed by atoms with Gasteiger partial charge in [0, 0.05) is 11.0 Å². The van der Waals surface area contributed by atoms with Crippen molar-refractivity contribution in [3.8, 4) is 0 Å². The minimum atomic E-state index is -0.416. The van der Waals surface area contributed by atoms with Crippen molar-refractivity contribution < 1.29 is 9.21 Å². The number of amides is 1. The summed E-state index contributed by atoms with van der Waals surface area (Å²) in [5.74, 6) is -0.0493. The molecule has 1 aliphatic rings. The highest BCUT2D eigenvalue weighted by Gasteiger charge is 2.42. The average Bonchev–Trinajstić information content (AvgIpc) is 2.89. The maximum atomic E-state index is 13.1. The summed E-state index contributed by atoms with van der Waals surface area (Å²) in [6.07, 6.45) is 0.804. The van der Waals surface area contributed by atoms with Crippen molar-refractivity contribution in [2.75, 3.05) is 6.54 Å². The Kier molecular flexibility index (Phi) is 3.96. The lowest BCUT2D eigenvalue weighted by Crippen LogP contribution is -2.30. The molecule has 0 fully saturated rings. The molecule has 4 rings (SSSR count). The Bertz CT molecular complexity index is 1040. The molecule has 3 aromatic rings. The van der Waals surface area contributed by atoms with Crippen LogP contribution in [0.15, 0.2) is 62.2 Å². The number of nitrogens with zero attached hydrogens (tertiary/aromatic N) is 1. The molecule has 0 unspecified atom stereocenters. The van der Waals surface area contributed by atoms with Crippen LogP contribution >= 0.6 is 15.9 Å². The molecule has 0 N–H and O–H groups in total. The van der Waals surface area contributed by atoms with Crippen LogP contribution in [0.5, 0.6) is 0 Å². The third-order valence-electron chi connectivity index (χ3n) is 4.50. The highest BCUT2D eigenvalue weighted by molar-refractivity contribution is 9.10. The maximum Gasteiger partial charge on any atom is 0.290 e. The Hall–Kier alpha value is -2.40. The number of carbonyl (C=O) groups is 1. The molecule has 0 spiro atoms. The number of rotatable bonds is 3. The van der Waals surface area contributed by atoms with Gasteiger partial charge in [-0.15, -0.1) is 0 Å². The summed E-state index contributed by atoms with van der Waals surface area (Å²) in [5.41, 5.74) is 1.66. The Labute approximate surface area is 153 Å². The van der Waals surface area contributed by atoms with Crippen molar-refractivity contribution in [2.45, 2.75) is 19.4 Å². The summed E-state index contributed by atoms with van der Waals surface area (Å²) in [6, 6.07) is 14.4. The molecule has 1 atom stereocenters. The van der Waals surface area contributed by atoms with Gasteiger partial charge < -0.3 is 9.32 Å². The molecule has 1 amide bonds. The highest BCUT2D eigenvalue weighted by atomic mass is 79.9. The molecular formula is C20H16BrNO3. The summed E-state index contributed by atoms with van der Waals surface area (Å²) < 4.78 is 6.76. The van der Waals surface area contributed by atoms with E-state index in [2.05, 4.69) is 15.9 Å². The van der Waals surface area contributed by atoms with Gasteiger partial charge in [-0.2, -0.15) is 0 Å². The molecule has 0 bridgehead atoms. The van der Waals surface area contributed by atoms with Crippen LogP contribution in [-0.2, 0) is 0 Å². The lowest BCUT2D eigenvalue weighted by atomic mass is 9.98. The molecule has 126 valence electrons. The predicted octanol–water partition coefficient (Wildman–Crippen LogP) is 4.51. The van der Waals surface area contributed by atoms with Crippen LogP contribution in [0.1, 0.15) is 41.1 Å². The number of hydrogen-bond acceptors (Lipinski definition) is 3. The largest absolute Gasteiger partial charge is 0.450 e. The van der Waals surface area contributed by atoms with E-state index in [0.29, 0.717) is 23.1 Å². The van der Waals surface area contributed by atoms with E-state index >= 15 is 0 Å². The summed E-state index contributed by atoms with van der Waals surface area (Å²) >= 11 is 3.48. The van der Waals surface area contributed by atoms with E-state index in [1.54, 1.807) is 29.2 Å². The number of halogens is 1. The topological polar surface area (TPSA) is 50.5 Å². The molecule has 1 aliphatic heterocycles. The third kappa shape index (κ3) is 2.50. The number of benzene rings is 2. The number of para-hydroxylation sites is 1. The van der Waals surface area contributed by atoms with E-state index in [1.807, 2.05) is 31.2 Å². The van der Waals surface area contributed by atoms with Crippen molar-refractivity contribution >= 4 is 32.8 Å². The summed E-state index contributed by atoms with van der Waals surface area (Å²) in [5, 5.41) is 0.507. The number of fused-ring (bicyclic) bond motifs is 2. The second-order valence-electron chi connectivity index (χ2n) is 6.13. The molecule has 5 heteroatoms. The van der Waals surface area contributed by atoms with Crippen molar-refractivity contribution in [1.29, 1.82) is 0 Å². The number of hydrogen-bond donors (Lipinski definition) is 0. The molecule has 25 heavy (non-hydrogen) atoms. The van der Waals surface area contributed by atoms with Gasteiger partial charge in [-0.3, -0.25) is 9.59 Å². The van der Waals surface area contributed by atoms with Crippen molar-refractivity contribution in [2.24, 2.45) is 0 Å². The molecular weight excluding hydrogens is 382 g/mol. The lowest BCUT2D eigenvalue weighted by molar-refractivity contribution is 0.0728. The van der Waals surface area contributed by atoms with Gasteiger partial charge in [-0.1, -0.05) is 47.1 Å². The average molecular weight is 398 g/mol. The van der Waals surface area contributed by atoms with Gasteiger partial charge in [0.15, 0.2) is 5.43 Å². The van der Waals surface area contributed by atoms with Gasteiger partial charge in [0.2, 0.25) is 5.76 Å². The Morgan fingerprint density at radius 1 is 1.12 bits per heavy atom. The molecule has 0 aliphatic carbocycles. The molecule has 2 aromatic carbocycles. The quantitative estimate of drug-likeness (QED) is 0.652. The third-order valence-corrected chi connectivity index (χ3v) is 5.00. The van der Waals surface area contributed by atoms with Crippen LogP contribution in [0.4, 0.5) is 0 Å². The zero-order valence-electron chi connectivity index (χ0n) is 13.7. The van der Waals surface area contributed by atoms with Crippen LogP contribution in [0.25, 0.3) is 11.0 Å². The fourth-order valence-electron chi connectivity index (χ4n) is 3.46. The standard InChI is InChI=1S/C20H16BrNO3/c1-2-10-22-17(12-6-5-7-13(21)11-12)16-18(23)14-8-3-4-9-15(14)25-19(16)20(22)24/h3-9,11,17H,2,10H2,1H3/t17-/m0/s1. The van der Waals surface area contributed by atoms with Crippen molar-refractivity contribution in [3.05, 3.63) is 80.1 Å². The molecule has 0 saturated carbocycles. The van der Waals surface area contributed by atoms with Crippen LogP contribution in [0.2, 0.25) is 0 Å². The first kappa shape index (κ1) is 16.1. The predicted molar refractivity (Wildman–Crippen MR) is 99.8 cm³/mol. The first-order chi connectivity index (χ1) is 12.1. The minimum Gasteiger partial charge on any atom is -0.450 e. The van der Waals surface area contributed by atoms with Crippen LogP contribution < -0.4 is 5.43 Å². The van der Waals surface area contributed by atoms with Crippen LogP contribution in [0.3, 0.4) is 0 Å². The van der Waals surface area contributed by atoms with Crippen LogP contribution in [-0.4, -0.2) is 17.4 Å². The van der Waals surface area contributed by atoms with E-state index in [1.165, 1.54) is 0 Å². The fourth-order valence-corrected chi connectivity index (χ4v) is 3.88. The molecule has 0 radical (unpaired) electrons. The Balaban J connectivity index is 2.02.